The number of halogens is 2. The average molecular weight is 531 g/mol. The molecule has 0 unspecified atom stereocenters. The monoisotopic (exact) mass is 530 g/mol. The Morgan fingerprint density at radius 3 is 2.51 bits per heavy atom. The molecule has 0 spiro atoms. The van der Waals surface area contributed by atoms with E-state index in [4.69, 9.17) is 9.47 Å². The molecule has 0 saturated heterocycles. The Hall–Kier alpha value is -4.17. The van der Waals surface area contributed by atoms with E-state index < -0.39 is 12.2 Å². The standard InChI is InChI=1S/C23H24F2N8O3S/c1-26-15-7-17(28-10-14(15)23-33-32-20(11-34)37-23)29-19-8-18(30-22(31-19)21(24)25)27-9-12-4-5-13(35-2)6-16(12)36-3/h4-8,10,21,34H,9,11H2,1-3H3,(H3,26,27,28,29,30,31). The Balaban J connectivity index is 1.57. The second kappa shape index (κ2) is 11.7. The van der Waals surface area contributed by atoms with Crippen molar-refractivity contribution in [2.45, 2.75) is 19.6 Å². The van der Waals surface area contributed by atoms with Crippen molar-refractivity contribution >= 4 is 34.5 Å². The summed E-state index contributed by atoms with van der Waals surface area (Å²) in [6.07, 6.45) is -1.31. The molecule has 0 saturated carbocycles. The number of pyridine rings is 1. The van der Waals surface area contributed by atoms with E-state index in [0.717, 1.165) is 5.56 Å². The molecule has 4 N–H and O–H groups in total. The molecule has 3 heterocycles. The van der Waals surface area contributed by atoms with Crippen LogP contribution in [0.15, 0.2) is 36.5 Å². The number of ether oxygens (including phenoxy) is 2. The van der Waals surface area contributed by atoms with Crippen molar-refractivity contribution in [2.24, 2.45) is 0 Å². The zero-order chi connectivity index (χ0) is 26.4. The first-order valence-corrected chi connectivity index (χ1v) is 11.8. The molecule has 37 heavy (non-hydrogen) atoms. The van der Waals surface area contributed by atoms with Gasteiger partial charge in [0.1, 0.15) is 34.0 Å². The van der Waals surface area contributed by atoms with Gasteiger partial charge in [-0.3, -0.25) is 0 Å². The quantitative estimate of drug-likeness (QED) is 0.221. The summed E-state index contributed by atoms with van der Waals surface area (Å²) in [6.45, 7) is 0.0578. The first kappa shape index (κ1) is 25.9. The molecule has 0 amide bonds. The molecule has 3 aromatic heterocycles. The van der Waals surface area contributed by atoms with Gasteiger partial charge in [-0.1, -0.05) is 11.3 Å². The molecular weight excluding hydrogens is 506 g/mol. The normalized spacial score (nSPS) is 10.9. The first-order chi connectivity index (χ1) is 17.9. The molecular formula is C23H24F2N8O3S. The Kier molecular flexibility index (Phi) is 8.20. The van der Waals surface area contributed by atoms with E-state index in [1.54, 1.807) is 38.6 Å². The van der Waals surface area contributed by atoms with E-state index in [1.807, 2.05) is 6.07 Å². The molecule has 0 fully saturated rings. The maximum Gasteiger partial charge on any atom is 0.297 e. The van der Waals surface area contributed by atoms with E-state index in [1.165, 1.54) is 24.5 Å². The highest BCUT2D eigenvalue weighted by molar-refractivity contribution is 7.14. The number of methoxy groups -OCH3 is 2. The van der Waals surface area contributed by atoms with Crippen LogP contribution in [0.2, 0.25) is 0 Å². The molecule has 14 heteroatoms. The molecule has 0 bridgehead atoms. The number of benzene rings is 1. The largest absolute Gasteiger partial charge is 0.497 e. The molecule has 4 aromatic rings. The van der Waals surface area contributed by atoms with Gasteiger partial charge in [-0.05, 0) is 12.1 Å². The summed E-state index contributed by atoms with van der Waals surface area (Å²) in [4.78, 5) is 12.2. The molecule has 1 aromatic carbocycles. The lowest BCUT2D eigenvalue weighted by Gasteiger charge is -2.14. The van der Waals surface area contributed by atoms with Crippen LogP contribution in [-0.4, -0.2) is 51.5 Å². The number of nitrogens with zero attached hydrogens (tertiary/aromatic N) is 5. The maximum atomic E-state index is 13.6. The van der Waals surface area contributed by atoms with Gasteiger partial charge in [0.05, 0.1) is 26.4 Å². The lowest BCUT2D eigenvalue weighted by atomic mass is 10.2. The Morgan fingerprint density at radius 2 is 1.84 bits per heavy atom. The van der Waals surface area contributed by atoms with E-state index in [2.05, 4.69) is 41.1 Å². The van der Waals surface area contributed by atoms with Gasteiger partial charge in [-0.2, -0.15) is 0 Å². The molecule has 4 rings (SSSR count). The van der Waals surface area contributed by atoms with E-state index in [9.17, 15) is 13.9 Å². The van der Waals surface area contributed by atoms with Crippen LogP contribution in [0.5, 0.6) is 11.5 Å². The SMILES string of the molecule is CNc1cc(Nc2cc(NCc3ccc(OC)cc3OC)nc(C(F)F)n2)ncc1-c1nnc(CO)s1. The Labute approximate surface area is 215 Å². The number of anilines is 4. The zero-order valence-electron chi connectivity index (χ0n) is 20.1. The topological polar surface area (TPSA) is 139 Å². The zero-order valence-corrected chi connectivity index (χ0v) is 20.9. The fourth-order valence-corrected chi connectivity index (χ4v) is 4.08. The highest BCUT2D eigenvalue weighted by atomic mass is 32.1. The number of aliphatic hydroxyl groups is 1. The summed E-state index contributed by atoms with van der Waals surface area (Å²) in [7, 11) is 4.82. The number of rotatable bonds is 11. The number of aromatic nitrogens is 5. The Morgan fingerprint density at radius 1 is 1.03 bits per heavy atom. The van der Waals surface area contributed by atoms with Gasteiger partial charge < -0.3 is 30.5 Å². The van der Waals surface area contributed by atoms with Crippen molar-refractivity contribution in [1.29, 1.82) is 0 Å². The second-order valence-corrected chi connectivity index (χ2v) is 8.54. The van der Waals surface area contributed by atoms with Crippen LogP contribution in [0, 0.1) is 0 Å². The summed E-state index contributed by atoms with van der Waals surface area (Å²) in [5.41, 5.74) is 2.13. The van der Waals surface area contributed by atoms with Crippen LogP contribution >= 0.6 is 11.3 Å². The predicted molar refractivity (Wildman–Crippen MR) is 136 cm³/mol. The van der Waals surface area contributed by atoms with Crippen molar-refractivity contribution in [3.63, 3.8) is 0 Å². The van der Waals surface area contributed by atoms with E-state index in [-0.39, 0.29) is 24.8 Å². The number of alkyl halides is 2. The fourth-order valence-electron chi connectivity index (χ4n) is 3.36. The van der Waals surface area contributed by atoms with Gasteiger partial charge in [0.15, 0.2) is 10.8 Å². The molecule has 11 nitrogen and oxygen atoms in total. The smallest absolute Gasteiger partial charge is 0.297 e. The molecule has 0 aliphatic carbocycles. The number of aliphatic hydroxyl groups excluding tert-OH is 1. The van der Waals surface area contributed by atoms with Crippen molar-refractivity contribution in [3.05, 3.63) is 52.9 Å². The van der Waals surface area contributed by atoms with Gasteiger partial charge in [0, 0.05) is 49.2 Å². The van der Waals surface area contributed by atoms with Crippen LogP contribution < -0.4 is 25.4 Å². The highest BCUT2D eigenvalue weighted by Gasteiger charge is 2.16. The number of nitrogens with one attached hydrogen (secondary N) is 3. The van der Waals surface area contributed by atoms with Gasteiger partial charge in [0.2, 0.25) is 0 Å². The van der Waals surface area contributed by atoms with Gasteiger partial charge in [0.25, 0.3) is 6.43 Å². The summed E-state index contributed by atoms with van der Waals surface area (Å²) >= 11 is 1.24. The minimum atomic E-state index is -2.88. The minimum absolute atomic E-state index is 0.135. The third-order valence-electron chi connectivity index (χ3n) is 5.15. The van der Waals surface area contributed by atoms with Gasteiger partial charge in [-0.15, -0.1) is 10.2 Å². The van der Waals surface area contributed by atoms with Crippen LogP contribution in [0.1, 0.15) is 22.8 Å². The second-order valence-electron chi connectivity index (χ2n) is 7.48. The minimum Gasteiger partial charge on any atom is -0.497 e. The lowest BCUT2D eigenvalue weighted by molar-refractivity contribution is 0.140. The summed E-state index contributed by atoms with van der Waals surface area (Å²) in [5, 5.41) is 27.3. The van der Waals surface area contributed by atoms with Crippen molar-refractivity contribution < 1.29 is 23.4 Å². The predicted octanol–water partition coefficient (Wildman–Crippen LogP) is 4.23. The maximum absolute atomic E-state index is 13.6. The molecule has 0 atom stereocenters. The molecule has 0 aliphatic rings. The molecule has 194 valence electrons. The van der Waals surface area contributed by atoms with E-state index in [0.29, 0.717) is 38.6 Å². The van der Waals surface area contributed by atoms with Crippen molar-refractivity contribution in [1.82, 2.24) is 25.1 Å². The molecule has 0 aliphatic heterocycles. The third kappa shape index (κ3) is 6.16. The highest BCUT2D eigenvalue weighted by Crippen LogP contribution is 2.32. The number of hydrogen-bond donors (Lipinski definition) is 4. The van der Waals surface area contributed by atoms with Crippen LogP contribution in [0.4, 0.5) is 31.9 Å². The lowest BCUT2D eigenvalue weighted by Crippen LogP contribution is -2.08. The Bertz CT molecular complexity index is 1370. The van der Waals surface area contributed by atoms with Gasteiger partial charge >= 0.3 is 0 Å². The summed E-state index contributed by atoms with van der Waals surface area (Å²) in [6, 6.07) is 8.52. The summed E-state index contributed by atoms with van der Waals surface area (Å²) < 4.78 is 37.7. The third-order valence-corrected chi connectivity index (χ3v) is 6.10. The van der Waals surface area contributed by atoms with Crippen molar-refractivity contribution in [3.8, 4) is 22.1 Å². The van der Waals surface area contributed by atoms with E-state index >= 15 is 0 Å². The van der Waals surface area contributed by atoms with Crippen molar-refractivity contribution in [2.75, 3.05) is 37.2 Å². The van der Waals surface area contributed by atoms with Crippen LogP contribution in [-0.2, 0) is 13.2 Å². The van der Waals surface area contributed by atoms with Gasteiger partial charge in [-0.25, -0.2) is 23.7 Å². The van der Waals surface area contributed by atoms with Crippen LogP contribution in [0.3, 0.4) is 0 Å². The fraction of sp³-hybridized carbons (Fsp3) is 0.261. The summed E-state index contributed by atoms with van der Waals surface area (Å²) in [5.74, 6) is 1.27. The molecule has 0 radical (unpaired) electrons. The number of hydrogen-bond acceptors (Lipinski definition) is 12. The first-order valence-electron chi connectivity index (χ1n) is 10.9. The average Bonchev–Trinajstić information content (AvgIpc) is 3.40. The van der Waals surface area contributed by atoms with Crippen LogP contribution in [0.25, 0.3) is 10.6 Å².